The van der Waals surface area contributed by atoms with Crippen LogP contribution in [0.25, 0.3) is 11.1 Å². The predicted octanol–water partition coefficient (Wildman–Crippen LogP) is 6.90. The maximum absolute atomic E-state index is 14.3. The third-order valence-corrected chi connectivity index (χ3v) is 4.10. The number of aryl methyl sites for hydroxylation is 1. The minimum Gasteiger partial charge on any atom is -0.497 e. The van der Waals surface area contributed by atoms with Gasteiger partial charge in [-0.05, 0) is 55.0 Å². The summed E-state index contributed by atoms with van der Waals surface area (Å²) in [4.78, 5) is 0. The molecule has 2 aromatic rings. The first-order valence-corrected chi connectivity index (χ1v) is 9.64. The van der Waals surface area contributed by atoms with E-state index in [0.29, 0.717) is 23.8 Å². The summed E-state index contributed by atoms with van der Waals surface area (Å²) in [6, 6.07) is 10.8. The van der Waals surface area contributed by atoms with Crippen molar-refractivity contribution in [1.29, 1.82) is 0 Å². The molecule has 0 saturated heterocycles. The fraction of sp³-hybridized carbons (Fsp3) is 0.478. The number of halogens is 1. The van der Waals surface area contributed by atoms with Crippen molar-refractivity contribution in [2.45, 2.75) is 53.9 Å². The molecule has 2 aromatic carbocycles. The summed E-state index contributed by atoms with van der Waals surface area (Å²) in [5.74, 6) is 1.76. The van der Waals surface area contributed by atoms with Crippen LogP contribution in [0.2, 0.25) is 0 Å². The van der Waals surface area contributed by atoms with E-state index in [1.54, 1.807) is 19.2 Å². The van der Waals surface area contributed by atoms with Crippen molar-refractivity contribution in [3.05, 3.63) is 47.8 Å². The summed E-state index contributed by atoms with van der Waals surface area (Å²) < 4.78 is 25.6. The Hall–Kier alpha value is -2.03. The first-order valence-electron chi connectivity index (χ1n) is 9.64. The monoisotopic (exact) mass is 360 g/mol. The predicted molar refractivity (Wildman–Crippen MR) is 109 cm³/mol. The largest absolute Gasteiger partial charge is 0.497 e. The lowest BCUT2D eigenvalue weighted by Gasteiger charge is -2.15. The van der Waals surface area contributed by atoms with Crippen molar-refractivity contribution in [3.8, 4) is 22.6 Å². The Morgan fingerprint density at radius 1 is 1.00 bits per heavy atom. The Labute approximate surface area is 158 Å². The molecule has 0 aliphatic heterocycles. The Morgan fingerprint density at radius 3 is 2.35 bits per heavy atom. The smallest absolute Gasteiger partial charge is 0.131 e. The quantitative estimate of drug-likeness (QED) is 0.476. The van der Waals surface area contributed by atoms with Crippen LogP contribution in [0, 0.1) is 11.7 Å². The van der Waals surface area contributed by atoms with Crippen LogP contribution in [0.3, 0.4) is 0 Å². The van der Waals surface area contributed by atoms with E-state index in [9.17, 15) is 4.39 Å². The second kappa shape index (κ2) is 11.6. The summed E-state index contributed by atoms with van der Waals surface area (Å²) in [5.41, 5.74) is 2.46. The Balaban J connectivity index is 0.00000163. The SMILES string of the molecule is CC.CCc1ccc(-c2cc(OC)ccc2F)c(OCCCC(C)C)c1. The van der Waals surface area contributed by atoms with E-state index in [2.05, 4.69) is 20.8 Å². The van der Waals surface area contributed by atoms with Crippen molar-refractivity contribution >= 4 is 0 Å². The first-order chi connectivity index (χ1) is 12.5. The molecule has 0 aromatic heterocycles. The average molecular weight is 361 g/mol. The van der Waals surface area contributed by atoms with Crippen LogP contribution in [-0.2, 0) is 6.42 Å². The van der Waals surface area contributed by atoms with E-state index in [0.717, 1.165) is 30.6 Å². The van der Waals surface area contributed by atoms with Crippen molar-refractivity contribution < 1.29 is 13.9 Å². The van der Waals surface area contributed by atoms with Gasteiger partial charge in [0.05, 0.1) is 13.7 Å². The summed E-state index contributed by atoms with van der Waals surface area (Å²) in [6.45, 7) is 11.1. The molecule has 0 amide bonds. The molecule has 0 atom stereocenters. The van der Waals surface area contributed by atoms with E-state index in [-0.39, 0.29) is 5.82 Å². The van der Waals surface area contributed by atoms with Crippen LogP contribution in [0.4, 0.5) is 4.39 Å². The molecule has 0 radical (unpaired) electrons. The number of hydrogen-bond acceptors (Lipinski definition) is 2. The summed E-state index contributed by atoms with van der Waals surface area (Å²) in [5, 5.41) is 0. The van der Waals surface area contributed by atoms with Crippen molar-refractivity contribution in [3.63, 3.8) is 0 Å². The molecule has 0 aliphatic rings. The highest BCUT2D eigenvalue weighted by Crippen LogP contribution is 2.35. The second-order valence-electron chi connectivity index (χ2n) is 6.41. The van der Waals surface area contributed by atoms with Crippen LogP contribution in [0.1, 0.15) is 53.0 Å². The number of ether oxygens (including phenoxy) is 2. The molecule has 144 valence electrons. The van der Waals surface area contributed by atoms with Crippen molar-refractivity contribution in [1.82, 2.24) is 0 Å². The molecule has 26 heavy (non-hydrogen) atoms. The van der Waals surface area contributed by atoms with Crippen LogP contribution in [-0.4, -0.2) is 13.7 Å². The standard InChI is InChI=1S/C21H27FO2.C2H6/c1-5-16-8-10-18(19-14-17(23-4)9-11-20(19)22)21(13-16)24-12-6-7-15(2)3;1-2/h8-11,13-15H,5-7,12H2,1-4H3;1-2H3. The van der Waals surface area contributed by atoms with Gasteiger partial charge in [-0.2, -0.15) is 0 Å². The van der Waals surface area contributed by atoms with Gasteiger partial charge >= 0.3 is 0 Å². The summed E-state index contributed by atoms with van der Waals surface area (Å²) in [7, 11) is 1.58. The van der Waals surface area contributed by atoms with Gasteiger partial charge in [0.15, 0.2) is 0 Å². The zero-order chi connectivity index (χ0) is 19.5. The van der Waals surface area contributed by atoms with Crippen LogP contribution in [0.15, 0.2) is 36.4 Å². The van der Waals surface area contributed by atoms with Crippen molar-refractivity contribution in [2.75, 3.05) is 13.7 Å². The molecule has 0 N–H and O–H groups in total. The lowest BCUT2D eigenvalue weighted by Crippen LogP contribution is -2.02. The topological polar surface area (TPSA) is 18.5 Å². The number of methoxy groups -OCH3 is 1. The molecule has 0 bridgehead atoms. The number of hydrogen-bond donors (Lipinski definition) is 0. The molecule has 0 saturated carbocycles. The van der Waals surface area contributed by atoms with E-state index in [1.165, 1.54) is 11.6 Å². The van der Waals surface area contributed by atoms with E-state index in [4.69, 9.17) is 9.47 Å². The minimum absolute atomic E-state index is 0.271. The van der Waals surface area contributed by atoms with E-state index >= 15 is 0 Å². The van der Waals surface area contributed by atoms with Gasteiger partial charge in [0, 0.05) is 11.1 Å². The summed E-state index contributed by atoms with van der Waals surface area (Å²) >= 11 is 0. The highest BCUT2D eigenvalue weighted by atomic mass is 19.1. The van der Waals surface area contributed by atoms with Gasteiger partial charge in [-0.3, -0.25) is 0 Å². The van der Waals surface area contributed by atoms with Crippen LogP contribution in [0.5, 0.6) is 11.5 Å². The fourth-order valence-electron chi connectivity index (χ4n) is 2.64. The normalized spacial score (nSPS) is 10.3. The molecule has 3 heteroatoms. The molecule has 0 heterocycles. The second-order valence-corrected chi connectivity index (χ2v) is 6.41. The fourth-order valence-corrected chi connectivity index (χ4v) is 2.64. The third kappa shape index (κ3) is 6.36. The van der Waals surface area contributed by atoms with Gasteiger partial charge in [0.1, 0.15) is 17.3 Å². The zero-order valence-electron chi connectivity index (χ0n) is 17.1. The molecular formula is C23H33FO2. The number of rotatable bonds is 8. The Bertz CT molecular complexity index is 665. The van der Waals surface area contributed by atoms with Crippen molar-refractivity contribution in [2.24, 2.45) is 5.92 Å². The van der Waals surface area contributed by atoms with Crippen LogP contribution >= 0.6 is 0 Å². The maximum atomic E-state index is 14.3. The average Bonchev–Trinajstić information content (AvgIpc) is 2.67. The zero-order valence-corrected chi connectivity index (χ0v) is 17.1. The molecular weight excluding hydrogens is 327 g/mol. The lowest BCUT2D eigenvalue weighted by molar-refractivity contribution is 0.298. The summed E-state index contributed by atoms with van der Waals surface area (Å²) in [6.07, 6.45) is 3.04. The molecule has 2 nitrogen and oxygen atoms in total. The van der Waals surface area contributed by atoms with Gasteiger partial charge in [-0.25, -0.2) is 4.39 Å². The third-order valence-electron chi connectivity index (χ3n) is 4.10. The van der Waals surface area contributed by atoms with Gasteiger partial charge < -0.3 is 9.47 Å². The van der Waals surface area contributed by atoms with E-state index in [1.807, 2.05) is 32.0 Å². The lowest BCUT2D eigenvalue weighted by atomic mass is 10.0. The minimum atomic E-state index is -0.271. The van der Waals surface area contributed by atoms with Crippen LogP contribution < -0.4 is 9.47 Å². The molecule has 0 unspecified atom stereocenters. The highest BCUT2D eigenvalue weighted by molar-refractivity contribution is 5.72. The van der Waals surface area contributed by atoms with Gasteiger partial charge in [0.2, 0.25) is 0 Å². The Kier molecular flexibility index (Phi) is 9.79. The van der Waals surface area contributed by atoms with Gasteiger partial charge in [-0.1, -0.05) is 46.8 Å². The molecule has 2 rings (SSSR count). The first kappa shape index (κ1) is 22.0. The maximum Gasteiger partial charge on any atom is 0.131 e. The Morgan fingerprint density at radius 2 is 1.73 bits per heavy atom. The van der Waals surface area contributed by atoms with Gasteiger partial charge in [0.25, 0.3) is 0 Å². The highest BCUT2D eigenvalue weighted by Gasteiger charge is 2.13. The van der Waals surface area contributed by atoms with Gasteiger partial charge in [-0.15, -0.1) is 0 Å². The van der Waals surface area contributed by atoms with E-state index < -0.39 is 0 Å². The molecule has 0 aliphatic carbocycles. The number of benzene rings is 2. The molecule has 0 fully saturated rings. The molecule has 0 spiro atoms.